The zero-order valence-corrected chi connectivity index (χ0v) is 9.58. The molecule has 3 atom stereocenters. The first kappa shape index (κ1) is 11.0. The van der Waals surface area contributed by atoms with Crippen molar-refractivity contribution < 1.29 is 4.74 Å². The van der Waals surface area contributed by atoms with Crippen LogP contribution in [0.5, 0.6) is 0 Å². The molecule has 2 nitrogen and oxygen atoms in total. The van der Waals surface area contributed by atoms with Crippen LogP contribution in [0.4, 0.5) is 0 Å². The number of methoxy groups -OCH3 is 1. The number of likely N-dealkylation sites (tertiary alicyclic amines) is 1. The number of nitrogens with zero attached hydrogens (tertiary/aromatic N) is 1. The first-order valence-electron chi connectivity index (χ1n) is 5.40. The summed E-state index contributed by atoms with van der Waals surface area (Å²) >= 11 is 0. The summed E-state index contributed by atoms with van der Waals surface area (Å²) in [6.07, 6.45) is 1.67. The van der Waals surface area contributed by atoms with Crippen LogP contribution in [0.15, 0.2) is 0 Å². The van der Waals surface area contributed by atoms with Crippen LogP contribution >= 0.6 is 0 Å². The molecule has 1 aliphatic rings. The Morgan fingerprint density at radius 3 is 2.38 bits per heavy atom. The number of rotatable bonds is 3. The molecule has 1 heterocycles. The minimum atomic E-state index is 0.447. The molecule has 0 aliphatic carbocycles. The van der Waals surface area contributed by atoms with Crippen molar-refractivity contribution in [1.82, 2.24) is 4.90 Å². The molecule has 2 heteroatoms. The van der Waals surface area contributed by atoms with E-state index in [1.54, 1.807) is 0 Å². The van der Waals surface area contributed by atoms with E-state index >= 15 is 0 Å². The van der Waals surface area contributed by atoms with Crippen molar-refractivity contribution in [3.8, 4) is 0 Å². The van der Waals surface area contributed by atoms with E-state index in [9.17, 15) is 0 Å². The fraction of sp³-hybridized carbons (Fsp3) is 1.00. The van der Waals surface area contributed by atoms with Crippen LogP contribution in [0.2, 0.25) is 0 Å². The SMILES string of the molecule is CCC1C(OC)CN(C(C)C)C1C. The Hall–Kier alpha value is -0.0800. The van der Waals surface area contributed by atoms with Gasteiger partial charge in [0.15, 0.2) is 0 Å². The molecule has 0 saturated carbocycles. The van der Waals surface area contributed by atoms with E-state index in [0.717, 1.165) is 6.54 Å². The molecule has 0 spiro atoms. The first-order valence-corrected chi connectivity index (χ1v) is 5.40. The number of hydrogen-bond donors (Lipinski definition) is 0. The Morgan fingerprint density at radius 2 is 2.08 bits per heavy atom. The Morgan fingerprint density at radius 1 is 1.46 bits per heavy atom. The maximum Gasteiger partial charge on any atom is 0.0741 e. The summed E-state index contributed by atoms with van der Waals surface area (Å²) in [5, 5.41) is 0. The van der Waals surface area contributed by atoms with Crippen molar-refractivity contribution in [3.05, 3.63) is 0 Å². The van der Waals surface area contributed by atoms with E-state index in [4.69, 9.17) is 4.74 Å². The van der Waals surface area contributed by atoms with Crippen LogP contribution in [0.3, 0.4) is 0 Å². The van der Waals surface area contributed by atoms with Gasteiger partial charge in [-0.05, 0) is 27.2 Å². The molecular formula is C11H23NO. The van der Waals surface area contributed by atoms with E-state index in [1.807, 2.05) is 7.11 Å². The van der Waals surface area contributed by atoms with E-state index in [2.05, 4.69) is 32.6 Å². The van der Waals surface area contributed by atoms with E-state index in [1.165, 1.54) is 6.42 Å². The van der Waals surface area contributed by atoms with Crippen molar-refractivity contribution in [2.24, 2.45) is 5.92 Å². The molecule has 1 fully saturated rings. The predicted octanol–water partition coefficient (Wildman–Crippen LogP) is 2.14. The molecule has 1 saturated heterocycles. The van der Waals surface area contributed by atoms with Crippen molar-refractivity contribution in [1.29, 1.82) is 0 Å². The van der Waals surface area contributed by atoms with Crippen LogP contribution in [0.25, 0.3) is 0 Å². The van der Waals surface area contributed by atoms with Gasteiger partial charge in [-0.1, -0.05) is 6.92 Å². The summed E-state index contributed by atoms with van der Waals surface area (Å²) in [6.45, 7) is 10.2. The zero-order valence-electron chi connectivity index (χ0n) is 9.58. The van der Waals surface area contributed by atoms with Crippen molar-refractivity contribution >= 4 is 0 Å². The molecule has 0 amide bonds. The summed E-state index contributed by atoms with van der Waals surface area (Å²) in [7, 11) is 1.84. The van der Waals surface area contributed by atoms with Gasteiger partial charge in [-0.2, -0.15) is 0 Å². The van der Waals surface area contributed by atoms with Gasteiger partial charge < -0.3 is 4.74 Å². The highest BCUT2D eigenvalue weighted by Gasteiger charge is 2.38. The van der Waals surface area contributed by atoms with Gasteiger partial charge in [-0.25, -0.2) is 0 Å². The quantitative estimate of drug-likeness (QED) is 0.668. The Kier molecular flexibility index (Phi) is 3.74. The molecule has 0 aromatic heterocycles. The fourth-order valence-corrected chi connectivity index (χ4v) is 2.60. The van der Waals surface area contributed by atoms with E-state index in [-0.39, 0.29) is 0 Å². The second-order valence-electron chi connectivity index (χ2n) is 4.38. The Labute approximate surface area is 82.3 Å². The Bertz CT molecular complexity index is 156. The first-order chi connectivity index (χ1) is 6.11. The third kappa shape index (κ3) is 2.05. The molecule has 1 aliphatic heterocycles. The lowest BCUT2D eigenvalue weighted by Crippen LogP contribution is -2.35. The zero-order chi connectivity index (χ0) is 10.0. The van der Waals surface area contributed by atoms with Gasteiger partial charge in [0.25, 0.3) is 0 Å². The monoisotopic (exact) mass is 185 g/mol. The molecule has 78 valence electrons. The van der Waals surface area contributed by atoms with Crippen LogP contribution in [-0.2, 0) is 4.74 Å². The van der Waals surface area contributed by atoms with E-state index < -0.39 is 0 Å². The maximum absolute atomic E-state index is 5.52. The fourth-order valence-electron chi connectivity index (χ4n) is 2.60. The smallest absolute Gasteiger partial charge is 0.0741 e. The van der Waals surface area contributed by atoms with Crippen LogP contribution in [0.1, 0.15) is 34.1 Å². The minimum Gasteiger partial charge on any atom is -0.380 e. The Balaban J connectivity index is 2.65. The van der Waals surface area contributed by atoms with Crippen LogP contribution < -0.4 is 0 Å². The second-order valence-corrected chi connectivity index (χ2v) is 4.38. The molecule has 13 heavy (non-hydrogen) atoms. The van der Waals surface area contributed by atoms with Gasteiger partial charge in [0.2, 0.25) is 0 Å². The lowest BCUT2D eigenvalue weighted by Gasteiger charge is -2.27. The van der Waals surface area contributed by atoms with Gasteiger partial charge >= 0.3 is 0 Å². The van der Waals surface area contributed by atoms with Crippen molar-refractivity contribution in [2.75, 3.05) is 13.7 Å². The average molecular weight is 185 g/mol. The standard InChI is InChI=1S/C11H23NO/c1-6-10-9(4)12(8(2)3)7-11(10)13-5/h8-11H,6-7H2,1-5H3. The molecule has 0 N–H and O–H groups in total. The molecular weight excluding hydrogens is 162 g/mol. The summed E-state index contributed by atoms with van der Waals surface area (Å²) < 4.78 is 5.52. The molecule has 0 aromatic rings. The average Bonchev–Trinajstić information content (AvgIpc) is 2.41. The van der Waals surface area contributed by atoms with Gasteiger partial charge in [0.05, 0.1) is 6.10 Å². The summed E-state index contributed by atoms with van der Waals surface area (Å²) in [4.78, 5) is 2.54. The third-order valence-electron chi connectivity index (χ3n) is 3.45. The predicted molar refractivity (Wildman–Crippen MR) is 55.9 cm³/mol. The van der Waals surface area contributed by atoms with E-state index in [0.29, 0.717) is 24.1 Å². The normalized spacial score (nSPS) is 36.0. The highest BCUT2D eigenvalue weighted by Crippen LogP contribution is 2.30. The molecule has 3 unspecified atom stereocenters. The highest BCUT2D eigenvalue weighted by molar-refractivity contribution is 4.92. The third-order valence-corrected chi connectivity index (χ3v) is 3.45. The number of ether oxygens (including phenoxy) is 1. The van der Waals surface area contributed by atoms with Gasteiger partial charge in [-0.15, -0.1) is 0 Å². The molecule has 0 bridgehead atoms. The lowest BCUT2D eigenvalue weighted by atomic mass is 9.96. The van der Waals surface area contributed by atoms with Crippen LogP contribution in [-0.4, -0.2) is 36.7 Å². The van der Waals surface area contributed by atoms with Crippen LogP contribution in [0, 0.1) is 5.92 Å². The molecule has 1 rings (SSSR count). The summed E-state index contributed by atoms with van der Waals surface area (Å²) in [6, 6.07) is 1.32. The highest BCUT2D eigenvalue weighted by atomic mass is 16.5. The second kappa shape index (κ2) is 4.43. The van der Waals surface area contributed by atoms with Gasteiger partial charge in [-0.3, -0.25) is 4.90 Å². The van der Waals surface area contributed by atoms with Gasteiger partial charge in [0.1, 0.15) is 0 Å². The number of hydrogen-bond acceptors (Lipinski definition) is 2. The lowest BCUT2D eigenvalue weighted by molar-refractivity contribution is 0.0742. The van der Waals surface area contributed by atoms with Gasteiger partial charge in [0, 0.05) is 31.7 Å². The molecule has 0 aromatic carbocycles. The topological polar surface area (TPSA) is 12.5 Å². The summed E-state index contributed by atoms with van der Waals surface area (Å²) in [5.74, 6) is 0.715. The van der Waals surface area contributed by atoms with Crippen molar-refractivity contribution in [3.63, 3.8) is 0 Å². The largest absolute Gasteiger partial charge is 0.380 e. The minimum absolute atomic E-state index is 0.447. The molecule has 0 radical (unpaired) electrons. The van der Waals surface area contributed by atoms with Crippen molar-refractivity contribution in [2.45, 2.75) is 52.3 Å². The summed E-state index contributed by atoms with van der Waals surface area (Å²) in [5.41, 5.74) is 0. The maximum atomic E-state index is 5.52.